The maximum atomic E-state index is 13.0. The molecule has 3 nitrogen and oxygen atoms in total. The van der Waals surface area contributed by atoms with Gasteiger partial charge in [-0.25, -0.2) is 4.39 Å². The van der Waals surface area contributed by atoms with Crippen molar-refractivity contribution in [3.8, 4) is 0 Å². The van der Waals surface area contributed by atoms with Gasteiger partial charge in [0.25, 0.3) is 0 Å². The summed E-state index contributed by atoms with van der Waals surface area (Å²) in [4.78, 5) is 14.6. The zero-order chi connectivity index (χ0) is 14.3. The van der Waals surface area contributed by atoms with Crippen molar-refractivity contribution in [1.29, 1.82) is 0 Å². The van der Waals surface area contributed by atoms with Crippen LogP contribution >= 0.6 is 0 Å². The molecule has 1 amide bonds. The third kappa shape index (κ3) is 2.22. The fourth-order valence-corrected chi connectivity index (χ4v) is 3.19. The second kappa shape index (κ2) is 4.85. The molecule has 1 heterocycles. The molecule has 1 saturated carbocycles. The van der Waals surface area contributed by atoms with Gasteiger partial charge in [0.1, 0.15) is 5.82 Å². The van der Waals surface area contributed by atoms with Crippen LogP contribution < -0.4 is 0 Å². The Morgan fingerprint density at radius 2 is 2.05 bits per heavy atom. The number of hydrogen-bond donors (Lipinski definition) is 1. The molecule has 0 radical (unpaired) electrons. The van der Waals surface area contributed by atoms with E-state index in [1.807, 2.05) is 4.90 Å². The van der Waals surface area contributed by atoms with Gasteiger partial charge in [-0.05, 0) is 43.9 Å². The fourth-order valence-electron chi connectivity index (χ4n) is 3.19. The fraction of sp³-hybridized carbons (Fsp3) is 0.562. The Morgan fingerprint density at radius 3 is 2.55 bits per heavy atom. The van der Waals surface area contributed by atoms with Crippen molar-refractivity contribution >= 4 is 5.91 Å². The predicted octanol–water partition coefficient (Wildman–Crippen LogP) is 2.09. The molecule has 4 heteroatoms. The molecule has 2 aliphatic rings. The minimum Gasteiger partial charge on any atom is -0.393 e. The van der Waals surface area contributed by atoms with Crippen molar-refractivity contribution < 1.29 is 14.3 Å². The number of amides is 1. The summed E-state index contributed by atoms with van der Waals surface area (Å²) in [5.74, 6) is 0.0579. The molecule has 0 aromatic heterocycles. The molecule has 1 aromatic carbocycles. The Labute approximate surface area is 118 Å². The summed E-state index contributed by atoms with van der Waals surface area (Å²) < 4.78 is 13.0. The van der Waals surface area contributed by atoms with Gasteiger partial charge in [0.2, 0.25) is 5.91 Å². The number of aliphatic hydroxyl groups is 1. The predicted molar refractivity (Wildman–Crippen MR) is 73.7 cm³/mol. The van der Waals surface area contributed by atoms with Crippen molar-refractivity contribution in [2.24, 2.45) is 5.92 Å². The minimum absolute atomic E-state index is 0.146. The highest BCUT2D eigenvalue weighted by atomic mass is 19.1. The van der Waals surface area contributed by atoms with Gasteiger partial charge in [-0.15, -0.1) is 0 Å². The van der Waals surface area contributed by atoms with Crippen LogP contribution in [0.3, 0.4) is 0 Å². The monoisotopic (exact) mass is 277 g/mol. The number of hydrogen-bond acceptors (Lipinski definition) is 2. The van der Waals surface area contributed by atoms with Crippen molar-refractivity contribution in [2.45, 2.75) is 37.7 Å². The van der Waals surface area contributed by atoms with Crippen LogP contribution in [-0.4, -0.2) is 35.1 Å². The molecule has 3 rings (SSSR count). The second-order valence-electron chi connectivity index (χ2n) is 6.13. The van der Waals surface area contributed by atoms with Crippen LogP contribution in [0, 0.1) is 11.7 Å². The maximum absolute atomic E-state index is 13.0. The molecule has 20 heavy (non-hydrogen) atoms. The SMILES string of the molecule is CC(O)C1CCN(C(=O)C2(c3ccc(F)cc3)CC2)C1. The number of halogens is 1. The number of nitrogens with zero attached hydrogens (tertiary/aromatic N) is 1. The lowest BCUT2D eigenvalue weighted by molar-refractivity contribution is -0.133. The molecule has 2 unspecified atom stereocenters. The van der Waals surface area contributed by atoms with Crippen LogP contribution in [0.25, 0.3) is 0 Å². The highest BCUT2D eigenvalue weighted by Gasteiger charge is 2.53. The van der Waals surface area contributed by atoms with Crippen LogP contribution in [0.5, 0.6) is 0 Å². The van der Waals surface area contributed by atoms with Crippen molar-refractivity contribution in [2.75, 3.05) is 13.1 Å². The van der Waals surface area contributed by atoms with E-state index in [-0.39, 0.29) is 23.7 Å². The molecule has 1 N–H and O–H groups in total. The lowest BCUT2D eigenvalue weighted by Gasteiger charge is -2.24. The molecule has 2 fully saturated rings. The highest BCUT2D eigenvalue weighted by Crippen LogP contribution is 2.50. The number of likely N-dealkylation sites (tertiary alicyclic amines) is 1. The molecule has 108 valence electrons. The van der Waals surface area contributed by atoms with Gasteiger partial charge >= 0.3 is 0 Å². The van der Waals surface area contributed by atoms with Crippen LogP contribution in [-0.2, 0) is 10.2 Å². The first-order valence-electron chi connectivity index (χ1n) is 7.26. The number of aliphatic hydroxyl groups excluding tert-OH is 1. The second-order valence-corrected chi connectivity index (χ2v) is 6.13. The number of rotatable bonds is 3. The molecular weight excluding hydrogens is 257 g/mol. The lowest BCUT2D eigenvalue weighted by Crippen LogP contribution is -2.38. The quantitative estimate of drug-likeness (QED) is 0.919. The topological polar surface area (TPSA) is 40.5 Å². The summed E-state index contributed by atoms with van der Waals surface area (Å²) in [5, 5.41) is 9.64. The smallest absolute Gasteiger partial charge is 0.233 e. The molecule has 2 atom stereocenters. The zero-order valence-electron chi connectivity index (χ0n) is 11.7. The van der Waals surface area contributed by atoms with E-state index in [4.69, 9.17) is 0 Å². The van der Waals surface area contributed by atoms with Gasteiger partial charge in [-0.1, -0.05) is 12.1 Å². The van der Waals surface area contributed by atoms with Gasteiger partial charge in [0.15, 0.2) is 0 Å². The lowest BCUT2D eigenvalue weighted by atomic mass is 9.94. The van der Waals surface area contributed by atoms with Crippen molar-refractivity contribution in [1.82, 2.24) is 4.90 Å². The third-order valence-electron chi connectivity index (χ3n) is 4.75. The Hall–Kier alpha value is -1.42. The summed E-state index contributed by atoms with van der Waals surface area (Å²) in [6, 6.07) is 6.29. The molecule has 1 aliphatic heterocycles. The number of benzene rings is 1. The first-order chi connectivity index (χ1) is 9.53. The Morgan fingerprint density at radius 1 is 1.40 bits per heavy atom. The molecule has 0 bridgehead atoms. The first-order valence-corrected chi connectivity index (χ1v) is 7.26. The zero-order valence-corrected chi connectivity index (χ0v) is 11.7. The summed E-state index contributed by atoms with van der Waals surface area (Å²) in [6.45, 7) is 3.14. The third-order valence-corrected chi connectivity index (χ3v) is 4.75. The Kier molecular flexibility index (Phi) is 3.28. The van der Waals surface area contributed by atoms with Crippen LogP contribution in [0.2, 0.25) is 0 Å². The van der Waals surface area contributed by atoms with E-state index in [0.29, 0.717) is 6.54 Å². The van der Waals surface area contributed by atoms with E-state index in [9.17, 15) is 14.3 Å². The molecule has 1 saturated heterocycles. The van der Waals surface area contributed by atoms with Gasteiger partial charge in [-0.3, -0.25) is 4.79 Å². The van der Waals surface area contributed by atoms with E-state index < -0.39 is 5.41 Å². The van der Waals surface area contributed by atoms with E-state index in [0.717, 1.165) is 31.4 Å². The van der Waals surface area contributed by atoms with E-state index >= 15 is 0 Å². The summed E-state index contributed by atoms with van der Waals surface area (Å²) in [6.07, 6.45) is 2.18. The molecule has 1 aromatic rings. The van der Waals surface area contributed by atoms with Crippen molar-refractivity contribution in [3.63, 3.8) is 0 Å². The average Bonchev–Trinajstić information content (AvgIpc) is 3.08. The van der Waals surface area contributed by atoms with Gasteiger partial charge in [0, 0.05) is 19.0 Å². The first kappa shape index (κ1) is 13.6. The van der Waals surface area contributed by atoms with Crippen molar-refractivity contribution in [3.05, 3.63) is 35.6 Å². The summed E-state index contributed by atoms with van der Waals surface area (Å²) in [7, 11) is 0. The number of carbonyl (C=O) groups excluding carboxylic acids is 1. The standard InChI is InChI=1S/C16H20FNO2/c1-11(19)12-6-9-18(10-12)15(20)16(7-8-16)13-2-4-14(17)5-3-13/h2-5,11-12,19H,6-10H2,1H3. The van der Waals surface area contributed by atoms with E-state index in [2.05, 4.69) is 0 Å². The molecule has 0 spiro atoms. The molecule has 1 aliphatic carbocycles. The van der Waals surface area contributed by atoms with Gasteiger partial charge in [0.05, 0.1) is 11.5 Å². The van der Waals surface area contributed by atoms with Gasteiger partial charge < -0.3 is 10.0 Å². The van der Waals surface area contributed by atoms with Crippen LogP contribution in [0.4, 0.5) is 4.39 Å². The summed E-state index contributed by atoms with van der Waals surface area (Å²) >= 11 is 0. The highest BCUT2D eigenvalue weighted by molar-refractivity contribution is 5.91. The Bertz CT molecular complexity index is 508. The van der Waals surface area contributed by atoms with Gasteiger partial charge in [-0.2, -0.15) is 0 Å². The maximum Gasteiger partial charge on any atom is 0.233 e. The Balaban J connectivity index is 1.76. The van der Waals surface area contributed by atoms with Crippen LogP contribution in [0.1, 0.15) is 31.7 Å². The van der Waals surface area contributed by atoms with E-state index in [1.54, 1.807) is 19.1 Å². The largest absolute Gasteiger partial charge is 0.393 e. The normalized spacial score (nSPS) is 25.6. The average molecular weight is 277 g/mol. The summed E-state index contributed by atoms with van der Waals surface area (Å²) in [5.41, 5.74) is 0.491. The number of carbonyl (C=O) groups is 1. The molecular formula is C16H20FNO2. The van der Waals surface area contributed by atoms with E-state index in [1.165, 1.54) is 12.1 Å². The van der Waals surface area contributed by atoms with Crippen LogP contribution in [0.15, 0.2) is 24.3 Å². The minimum atomic E-state index is -0.429.